The highest BCUT2D eigenvalue weighted by Crippen LogP contribution is 2.43. The van der Waals surface area contributed by atoms with Crippen molar-refractivity contribution in [1.29, 1.82) is 0 Å². The summed E-state index contributed by atoms with van der Waals surface area (Å²) in [4.78, 5) is 34.7. The third kappa shape index (κ3) is 45.1. The fourth-order valence-electron chi connectivity index (χ4n) is 7.52. The third-order valence-electron chi connectivity index (χ3n) is 11.5. The van der Waals surface area contributed by atoms with E-state index in [4.69, 9.17) is 18.5 Å². The van der Waals surface area contributed by atoms with Crippen LogP contribution in [0.25, 0.3) is 0 Å². The van der Waals surface area contributed by atoms with Gasteiger partial charge < -0.3 is 24.6 Å². The zero-order chi connectivity index (χ0) is 44.8. The Hall–Kier alpha value is -1.29. The van der Waals surface area contributed by atoms with Crippen LogP contribution in [-0.2, 0) is 32.7 Å². The van der Waals surface area contributed by atoms with Gasteiger partial charge in [0.15, 0.2) is 0 Å². The van der Waals surface area contributed by atoms with E-state index in [1.54, 1.807) is 0 Å². The number of hydrogen-bond donors (Lipinski definition) is 3. The van der Waals surface area contributed by atoms with E-state index in [1.165, 1.54) is 180 Å². The summed E-state index contributed by atoms with van der Waals surface area (Å²) >= 11 is 0. The first-order chi connectivity index (χ1) is 29.8. The molecule has 362 valence electrons. The molecule has 3 atom stereocenters. The lowest BCUT2D eigenvalue weighted by atomic mass is 10.0. The summed E-state index contributed by atoms with van der Waals surface area (Å²) in [5.41, 5.74) is 0. The molecule has 10 nitrogen and oxygen atoms in total. The van der Waals surface area contributed by atoms with Crippen molar-refractivity contribution in [3.8, 4) is 0 Å². The average molecular weight is 889 g/mol. The number of aliphatic hydroxyl groups excluding tert-OH is 2. The van der Waals surface area contributed by atoms with Crippen LogP contribution in [0.2, 0.25) is 0 Å². The summed E-state index contributed by atoms with van der Waals surface area (Å²) in [5, 5.41) is 19.2. The highest BCUT2D eigenvalue weighted by atomic mass is 31.2. The van der Waals surface area contributed by atoms with Gasteiger partial charge in [-0.25, -0.2) is 4.57 Å². The van der Waals surface area contributed by atoms with Gasteiger partial charge >= 0.3 is 19.8 Å². The van der Waals surface area contributed by atoms with Crippen molar-refractivity contribution < 1.29 is 47.8 Å². The Kier molecular flexibility index (Phi) is 45.7. The number of phosphoric acid groups is 1. The van der Waals surface area contributed by atoms with Crippen LogP contribution in [0.15, 0.2) is 12.2 Å². The highest BCUT2D eigenvalue weighted by Gasteiger charge is 2.27. The Balaban J connectivity index is 3.81. The van der Waals surface area contributed by atoms with E-state index in [0.29, 0.717) is 12.8 Å². The number of esters is 2. The van der Waals surface area contributed by atoms with Gasteiger partial charge in [-0.2, -0.15) is 0 Å². The molecule has 0 saturated carbocycles. The number of phosphoric ester groups is 1. The molecule has 0 radical (unpaired) electrons. The molecule has 0 aliphatic heterocycles. The van der Waals surface area contributed by atoms with Crippen LogP contribution in [-0.4, -0.2) is 65.7 Å². The Morgan fingerprint density at radius 2 is 0.672 bits per heavy atom. The molecule has 0 aliphatic carbocycles. The molecule has 3 unspecified atom stereocenters. The van der Waals surface area contributed by atoms with Crippen LogP contribution < -0.4 is 0 Å². The maximum Gasteiger partial charge on any atom is 0.472 e. The summed E-state index contributed by atoms with van der Waals surface area (Å²) in [6, 6.07) is 0. The minimum atomic E-state index is -4.64. The van der Waals surface area contributed by atoms with Crippen LogP contribution in [0.4, 0.5) is 0 Å². The van der Waals surface area contributed by atoms with Gasteiger partial charge in [0.05, 0.1) is 26.4 Å². The van der Waals surface area contributed by atoms with Crippen molar-refractivity contribution in [2.24, 2.45) is 0 Å². The SMILES string of the molecule is CCCCCCCCCC/C=C\CCCCCCCCCCCC(=O)OC(CO)COP(=O)(O)OCC(CO)OC(=O)CCCCCCCCCCCCCCCCCCC. The van der Waals surface area contributed by atoms with Gasteiger partial charge in [0, 0.05) is 12.8 Å². The maximum atomic E-state index is 12.4. The van der Waals surface area contributed by atoms with Crippen molar-refractivity contribution in [2.75, 3.05) is 26.4 Å². The van der Waals surface area contributed by atoms with E-state index in [2.05, 4.69) is 26.0 Å². The summed E-state index contributed by atoms with van der Waals surface area (Å²) < 4.78 is 32.7. The molecule has 0 rings (SSSR count). The lowest BCUT2D eigenvalue weighted by molar-refractivity contribution is -0.153. The topological polar surface area (TPSA) is 149 Å². The van der Waals surface area contributed by atoms with Gasteiger partial charge in [-0.1, -0.05) is 219 Å². The van der Waals surface area contributed by atoms with Crippen molar-refractivity contribution in [2.45, 2.75) is 270 Å². The summed E-state index contributed by atoms with van der Waals surface area (Å²) in [6.45, 7) is 2.26. The summed E-state index contributed by atoms with van der Waals surface area (Å²) in [7, 11) is -4.64. The average Bonchev–Trinajstić information content (AvgIpc) is 3.25. The third-order valence-corrected chi connectivity index (χ3v) is 12.4. The van der Waals surface area contributed by atoms with E-state index in [-0.39, 0.29) is 12.8 Å². The zero-order valence-corrected chi connectivity index (χ0v) is 40.5. The van der Waals surface area contributed by atoms with Crippen molar-refractivity contribution in [3.05, 3.63) is 12.2 Å². The van der Waals surface area contributed by atoms with Gasteiger partial charge in [0.2, 0.25) is 0 Å². The van der Waals surface area contributed by atoms with Crippen LogP contribution in [0.3, 0.4) is 0 Å². The fourth-order valence-corrected chi connectivity index (χ4v) is 8.31. The first kappa shape index (κ1) is 59.7. The maximum absolute atomic E-state index is 12.4. The van der Waals surface area contributed by atoms with E-state index in [9.17, 15) is 29.3 Å². The van der Waals surface area contributed by atoms with Gasteiger partial charge in [-0.05, 0) is 38.5 Å². The molecule has 0 amide bonds. The number of aliphatic hydroxyl groups is 2. The standard InChI is InChI=1S/C50H97O10P/c1-3-5-7-9-11-13-15-17-19-21-22-23-24-26-28-30-32-34-36-38-40-42-50(54)60-48(44-52)46-58-61(55,56)57-45-47(43-51)59-49(53)41-39-37-35-33-31-29-27-25-20-18-16-14-12-10-8-6-4-2/h21-22,47-48,51-52H,3-20,23-46H2,1-2H3,(H,55,56)/b22-21-. The molecule has 61 heavy (non-hydrogen) atoms. The predicted octanol–water partition coefficient (Wildman–Crippen LogP) is 14.3. The van der Waals surface area contributed by atoms with Crippen molar-refractivity contribution in [3.63, 3.8) is 0 Å². The second kappa shape index (κ2) is 46.7. The Bertz CT molecular complexity index is 1020. The molecule has 0 aromatic heterocycles. The highest BCUT2D eigenvalue weighted by molar-refractivity contribution is 7.47. The van der Waals surface area contributed by atoms with E-state index in [1.807, 2.05) is 0 Å². The lowest BCUT2D eigenvalue weighted by Gasteiger charge is -2.20. The molecule has 0 spiro atoms. The number of unbranched alkanes of at least 4 members (excludes halogenated alkanes) is 33. The van der Waals surface area contributed by atoms with E-state index in [0.717, 1.165) is 38.5 Å². The molecule has 0 fully saturated rings. The van der Waals surface area contributed by atoms with Crippen LogP contribution in [0, 0.1) is 0 Å². The Labute approximate surface area is 375 Å². The van der Waals surface area contributed by atoms with Crippen LogP contribution in [0.1, 0.15) is 258 Å². The molecule has 0 aromatic rings. The molecule has 0 bridgehead atoms. The second-order valence-corrected chi connectivity index (χ2v) is 19.0. The first-order valence-corrected chi connectivity index (χ1v) is 27.1. The number of hydrogen-bond acceptors (Lipinski definition) is 9. The molecule has 3 N–H and O–H groups in total. The second-order valence-electron chi connectivity index (χ2n) is 17.5. The van der Waals surface area contributed by atoms with Gasteiger partial charge in [0.25, 0.3) is 0 Å². The molecule has 0 aromatic carbocycles. The number of carbonyl (C=O) groups is 2. The van der Waals surface area contributed by atoms with Crippen LogP contribution >= 0.6 is 7.82 Å². The summed E-state index contributed by atoms with van der Waals surface area (Å²) in [5.74, 6) is -1.01. The number of rotatable bonds is 49. The van der Waals surface area contributed by atoms with Crippen molar-refractivity contribution >= 4 is 19.8 Å². The quantitative estimate of drug-likeness (QED) is 0.0233. The van der Waals surface area contributed by atoms with Gasteiger partial charge in [0.1, 0.15) is 12.2 Å². The number of allylic oxidation sites excluding steroid dienone is 2. The zero-order valence-electron chi connectivity index (χ0n) is 39.7. The largest absolute Gasteiger partial charge is 0.472 e. The van der Waals surface area contributed by atoms with Gasteiger partial charge in [-0.3, -0.25) is 18.6 Å². The minimum absolute atomic E-state index is 0.194. The lowest BCUT2D eigenvalue weighted by Crippen LogP contribution is -2.28. The monoisotopic (exact) mass is 889 g/mol. The first-order valence-electron chi connectivity index (χ1n) is 25.6. The molecule has 0 aliphatic rings. The molecule has 0 heterocycles. The fraction of sp³-hybridized carbons (Fsp3) is 0.920. The molecular formula is C50H97O10P. The smallest absolute Gasteiger partial charge is 0.457 e. The molecular weight excluding hydrogens is 792 g/mol. The normalized spacial score (nSPS) is 13.7. The van der Waals surface area contributed by atoms with E-state index < -0.39 is 58.4 Å². The van der Waals surface area contributed by atoms with Gasteiger partial charge in [-0.15, -0.1) is 0 Å². The van der Waals surface area contributed by atoms with E-state index >= 15 is 0 Å². The number of carbonyl (C=O) groups excluding carboxylic acids is 2. The number of ether oxygens (including phenoxy) is 2. The molecule has 0 saturated heterocycles. The van der Waals surface area contributed by atoms with Crippen LogP contribution in [0.5, 0.6) is 0 Å². The predicted molar refractivity (Wildman–Crippen MR) is 252 cm³/mol. The Morgan fingerprint density at radius 3 is 0.934 bits per heavy atom. The molecule has 11 heteroatoms. The summed E-state index contributed by atoms with van der Waals surface area (Å²) in [6.07, 6.45) is 47.6. The minimum Gasteiger partial charge on any atom is -0.457 e. The van der Waals surface area contributed by atoms with Crippen molar-refractivity contribution in [1.82, 2.24) is 0 Å². The Morgan fingerprint density at radius 1 is 0.426 bits per heavy atom.